The van der Waals surface area contributed by atoms with Crippen LogP contribution >= 0.6 is 0 Å². The Morgan fingerprint density at radius 3 is 2.21 bits per heavy atom. The predicted molar refractivity (Wildman–Crippen MR) is 71.5 cm³/mol. The van der Waals surface area contributed by atoms with Crippen LogP contribution in [0.25, 0.3) is 0 Å². The minimum atomic E-state index is -3.57. The highest BCUT2D eigenvalue weighted by Crippen LogP contribution is 2.29. The predicted octanol–water partition coefficient (Wildman–Crippen LogP) is 0.478. The van der Waals surface area contributed by atoms with Gasteiger partial charge in [0.25, 0.3) is 0 Å². The van der Waals surface area contributed by atoms with Gasteiger partial charge in [-0.05, 0) is 19.3 Å². The van der Waals surface area contributed by atoms with Gasteiger partial charge >= 0.3 is 5.97 Å². The summed E-state index contributed by atoms with van der Waals surface area (Å²) in [5, 5.41) is 7.41. The number of hydrogen-bond donors (Lipinski definition) is 1. The maximum atomic E-state index is 12.1. The first-order valence-electron chi connectivity index (χ1n) is 6.17. The summed E-state index contributed by atoms with van der Waals surface area (Å²) >= 11 is 0. The maximum Gasteiger partial charge on any atom is 0.307 e. The molecule has 3 unspecified atom stereocenters. The molecule has 0 aromatic heterocycles. The van der Waals surface area contributed by atoms with E-state index in [1.807, 2.05) is 0 Å². The van der Waals surface area contributed by atoms with Crippen LogP contribution in [-0.4, -0.2) is 50.4 Å². The van der Waals surface area contributed by atoms with Gasteiger partial charge in [-0.1, -0.05) is 13.3 Å². The van der Waals surface area contributed by atoms with Crippen molar-refractivity contribution in [3.05, 3.63) is 0 Å². The van der Waals surface area contributed by atoms with Gasteiger partial charge < -0.3 is 5.11 Å². The number of aliphatic carboxylic acids is 1. The molecule has 0 radical (unpaired) electrons. The largest absolute Gasteiger partial charge is 0.481 e. The summed E-state index contributed by atoms with van der Waals surface area (Å²) in [5.74, 6) is -2.55. The summed E-state index contributed by atoms with van der Waals surface area (Å²) in [6.07, 6.45) is 2.66. The average molecular weight is 312 g/mol. The van der Waals surface area contributed by atoms with E-state index in [2.05, 4.69) is 0 Å². The lowest BCUT2D eigenvalue weighted by molar-refractivity contribution is -0.140. The van der Waals surface area contributed by atoms with E-state index in [1.165, 1.54) is 6.92 Å². The minimum absolute atomic E-state index is 0.0908. The Bertz CT molecular complexity index is 534. The third-order valence-electron chi connectivity index (χ3n) is 3.60. The molecule has 0 aromatic rings. The number of hydrogen-bond acceptors (Lipinski definition) is 5. The summed E-state index contributed by atoms with van der Waals surface area (Å²) in [5.41, 5.74) is 0. The molecule has 0 aliphatic heterocycles. The Hall–Kier alpha value is -0.630. The fraction of sp³-hybridized carbons (Fsp3) is 0.909. The first-order valence-corrected chi connectivity index (χ1v) is 9.84. The van der Waals surface area contributed by atoms with E-state index in [0.717, 1.165) is 6.26 Å². The second kappa shape index (κ2) is 5.78. The Labute approximate surface area is 114 Å². The van der Waals surface area contributed by atoms with Crippen LogP contribution in [0.15, 0.2) is 0 Å². The lowest BCUT2D eigenvalue weighted by atomic mass is 10.00. The van der Waals surface area contributed by atoms with Gasteiger partial charge in [-0.2, -0.15) is 0 Å². The van der Waals surface area contributed by atoms with Gasteiger partial charge in [-0.15, -0.1) is 0 Å². The molecule has 0 aromatic carbocycles. The zero-order valence-corrected chi connectivity index (χ0v) is 12.7. The zero-order chi connectivity index (χ0) is 14.8. The molecule has 19 heavy (non-hydrogen) atoms. The van der Waals surface area contributed by atoms with E-state index in [-0.39, 0.29) is 6.42 Å². The van der Waals surface area contributed by atoms with Crippen molar-refractivity contribution in [3.8, 4) is 0 Å². The molecule has 112 valence electrons. The number of sulfone groups is 2. The topological polar surface area (TPSA) is 106 Å². The second-order valence-electron chi connectivity index (χ2n) is 5.31. The third-order valence-corrected chi connectivity index (χ3v) is 7.64. The molecular formula is C11H20O6S2. The zero-order valence-electron chi connectivity index (χ0n) is 11.1. The highest BCUT2D eigenvalue weighted by molar-refractivity contribution is 7.92. The normalized spacial score (nSPS) is 26.8. The van der Waals surface area contributed by atoms with Crippen LogP contribution in [0, 0.1) is 5.92 Å². The van der Waals surface area contributed by atoms with Gasteiger partial charge in [-0.3, -0.25) is 4.79 Å². The standard InChI is InChI=1S/C11H20O6S2/c1-8(11(12)13)7-19(16,17)10-5-3-4-9(6-10)18(2,14)15/h8-10H,3-7H2,1-2H3,(H,12,13). The molecule has 6 nitrogen and oxygen atoms in total. The van der Waals surface area contributed by atoms with Gasteiger partial charge in [-0.25, -0.2) is 16.8 Å². The van der Waals surface area contributed by atoms with E-state index in [0.29, 0.717) is 19.3 Å². The minimum Gasteiger partial charge on any atom is -0.481 e. The molecule has 0 heterocycles. The molecular weight excluding hydrogens is 292 g/mol. The molecule has 3 atom stereocenters. The van der Waals surface area contributed by atoms with Crippen LogP contribution in [0.1, 0.15) is 32.6 Å². The molecule has 1 N–H and O–H groups in total. The SMILES string of the molecule is CC(CS(=O)(=O)C1CCCC(S(C)(=O)=O)C1)C(=O)O. The summed E-state index contributed by atoms with van der Waals surface area (Å²) in [6, 6.07) is 0. The van der Waals surface area contributed by atoms with Gasteiger partial charge in [0, 0.05) is 6.26 Å². The van der Waals surface area contributed by atoms with Crippen molar-refractivity contribution < 1.29 is 26.7 Å². The number of carboxylic acids is 1. The van der Waals surface area contributed by atoms with E-state index in [1.54, 1.807) is 0 Å². The van der Waals surface area contributed by atoms with E-state index in [9.17, 15) is 21.6 Å². The van der Waals surface area contributed by atoms with Crippen molar-refractivity contribution in [3.63, 3.8) is 0 Å². The Morgan fingerprint density at radius 2 is 1.74 bits per heavy atom. The Balaban J connectivity index is 2.82. The summed E-state index contributed by atoms with van der Waals surface area (Å²) in [4.78, 5) is 10.7. The van der Waals surface area contributed by atoms with Crippen molar-refractivity contribution >= 4 is 25.6 Å². The van der Waals surface area contributed by atoms with Gasteiger partial charge in [0.2, 0.25) is 0 Å². The Morgan fingerprint density at radius 1 is 1.21 bits per heavy atom. The van der Waals surface area contributed by atoms with Crippen LogP contribution in [0.5, 0.6) is 0 Å². The van der Waals surface area contributed by atoms with Gasteiger partial charge in [0.15, 0.2) is 9.84 Å². The molecule has 0 bridgehead atoms. The fourth-order valence-corrected chi connectivity index (χ4v) is 5.83. The summed E-state index contributed by atoms with van der Waals surface area (Å²) in [6.45, 7) is 1.34. The smallest absolute Gasteiger partial charge is 0.307 e. The second-order valence-corrected chi connectivity index (χ2v) is 9.96. The van der Waals surface area contributed by atoms with Crippen molar-refractivity contribution in [1.29, 1.82) is 0 Å². The molecule has 0 amide bonds. The number of carbonyl (C=O) groups is 1. The molecule has 0 spiro atoms. The molecule has 8 heteroatoms. The van der Waals surface area contributed by atoms with Crippen LogP contribution in [0.2, 0.25) is 0 Å². The van der Waals surface area contributed by atoms with Crippen LogP contribution in [0.3, 0.4) is 0 Å². The summed E-state index contributed by atoms with van der Waals surface area (Å²) < 4.78 is 47.2. The molecule has 1 aliphatic rings. The quantitative estimate of drug-likeness (QED) is 0.791. The average Bonchev–Trinajstić information content (AvgIpc) is 2.27. The lowest BCUT2D eigenvalue weighted by Gasteiger charge is -2.28. The Kier molecular flexibility index (Phi) is 5.00. The van der Waals surface area contributed by atoms with Crippen molar-refractivity contribution in [1.82, 2.24) is 0 Å². The molecule has 1 rings (SSSR count). The third kappa shape index (κ3) is 4.45. The molecule has 1 saturated carbocycles. The van der Waals surface area contributed by atoms with Crippen molar-refractivity contribution in [2.45, 2.75) is 43.1 Å². The monoisotopic (exact) mass is 312 g/mol. The van der Waals surface area contributed by atoms with Crippen molar-refractivity contribution in [2.24, 2.45) is 5.92 Å². The van der Waals surface area contributed by atoms with E-state index < -0.39 is 47.8 Å². The van der Waals surface area contributed by atoms with Crippen LogP contribution in [-0.2, 0) is 24.5 Å². The lowest BCUT2D eigenvalue weighted by Crippen LogP contribution is -2.37. The maximum absolute atomic E-state index is 12.1. The first kappa shape index (κ1) is 16.4. The summed E-state index contributed by atoms with van der Waals surface area (Å²) in [7, 11) is -6.81. The number of carboxylic acid groups (broad SMARTS) is 1. The molecule has 1 aliphatic carbocycles. The van der Waals surface area contributed by atoms with Crippen LogP contribution < -0.4 is 0 Å². The van der Waals surface area contributed by atoms with Gasteiger partial charge in [0.05, 0.1) is 22.2 Å². The first-order chi connectivity index (χ1) is 8.54. The fourth-order valence-electron chi connectivity index (χ4n) is 2.37. The molecule has 1 fully saturated rings. The van der Waals surface area contributed by atoms with E-state index in [4.69, 9.17) is 5.11 Å². The van der Waals surface area contributed by atoms with Gasteiger partial charge in [0.1, 0.15) is 9.84 Å². The highest BCUT2D eigenvalue weighted by Gasteiger charge is 2.37. The van der Waals surface area contributed by atoms with Crippen LogP contribution in [0.4, 0.5) is 0 Å². The number of rotatable bonds is 5. The van der Waals surface area contributed by atoms with Crippen molar-refractivity contribution in [2.75, 3.05) is 12.0 Å². The molecule has 0 saturated heterocycles. The van der Waals surface area contributed by atoms with E-state index >= 15 is 0 Å². The highest BCUT2D eigenvalue weighted by atomic mass is 32.2.